The van der Waals surface area contributed by atoms with E-state index in [1.807, 2.05) is 64.1 Å². The molecule has 2 aromatic carbocycles. The van der Waals surface area contributed by atoms with Gasteiger partial charge in [-0.05, 0) is 69.0 Å². The van der Waals surface area contributed by atoms with E-state index in [2.05, 4.69) is 5.32 Å². The third-order valence-corrected chi connectivity index (χ3v) is 5.67. The van der Waals surface area contributed by atoms with Gasteiger partial charge in [0.15, 0.2) is 0 Å². The van der Waals surface area contributed by atoms with E-state index < -0.39 is 12.0 Å². The molecule has 3 rings (SSSR count). The van der Waals surface area contributed by atoms with Crippen LogP contribution in [0.3, 0.4) is 0 Å². The van der Waals surface area contributed by atoms with E-state index in [1.54, 1.807) is 14.0 Å². The molecule has 6 heteroatoms. The summed E-state index contributed by atoms with van der Waals surface area (Å²) in [5.41, 5.74) is 6.06. The van der Waals surface area contributed by atoms with Crippen molar-refractivity contribution in [3.63, 3.8) is 0 Å². The Morgan fingerprint density at radius 3 is 2.42 bits per heavy atom. The van der Waals surface area contributed by atoms with Gasteiger partial charge in [0.2, 0.25) is 0 Å². The normalized spacial score (nSPS) is 16.3. The molecule has 0 aromatic heterocycles. The lowest BCUT2D eigenvalue weighted by atomic mass is 9.90. The number of ether oxygens (including phenoxy) is 2. The molecule has 0 saturated carbocycles. The highest BCUT2D eigenvalue weighted by atomic mass is 16.5. The van der Waals surface area contributed by atoms with Gasteiger partial charge in [-0.1, -0.05) is 29.8 Å². The van der Waals surface area contributed by atoms with E-state index in [9.17, 15) is 9.59 Å². The molecule has 2 aromatic rings. The third kappa shape index (κ3) is 4.74. The molecule has 0 unspecified atom stereocenters. The van der Waals surface area contributed by atoms with Crippen molar-refractivity contribution < 1.29 is 19.1 Å². The van der Waals surface area contributed by atoms with Crippen molar-refractivity contribution >= 4 is 12.0 Å². The summed E-state index contributed by atoms with van der Waals surface area (Å²) in [6, 6.07) is 10.9. The Balaban J connectivity index is 2.07. The van der Waals surface area contributed by atoms with Gasteiger partial charge in [-0.2, -0.15) is 0 Å². The molecule has 1 N–H and O–H groups in total. The van der Waals surface area contributed by atoms with E-state index in [4.69, 9.17) is 9.47 Å². The monoisotopic (exact) mass is 422 g/mol. The lowest BCUT2D eigenvalue weighted by Gasteiger charge is -2.35. The van der Waals surface area contributed by atoms with Crippen LogP contribution >= 0.6 is 0 Å². The number of carbonyl (C=O) groups is 2. The van der Waals surface area contributed by atoms with Crippen molar-refractivity contribution in [1.29, 1.82) is 0 Å². The number of amides is 2. The van der Waals surface area contributed by atoms with Crippen molar-refractivity contribution in [3.05, 3.63) is 75.5 Å². The number of nitrogens with one attached hydrogen (secondary N) is 1. The second kappa shape index (κ2) is 9.25. The number of urea groups is 1. The number of likely N-dealkylation sites (N-methyl/N-ethyl adjacent to an activating group) is 1. The molecule has 1 aliphatic rings. The first kappa shape index (κ1) is 22.4. The van der Waals surface area contributed by atoms with Crippen LogP contribution in [0.25, 0.3) is 0 Å². The number of aryl methyl sites for hydroxylation is 4. The fraction of sp³-hybridized carbons (Fsp3) is 0.360. The topological polar surface area (TPSA) is 67.9 Å². The van der Waals surface area contributed by atoms with Crippen LogP contribution < -0.4 is 10.1 Å². The summed E-state index contributed by atoms with van der Waals surface area (Å²) in [5.74, 6) is 0.223. The summed E-state index contributed by atoms with van der Waals surface area (Å²) in [4.78, 5) is 27.3. The Morgan fingerprint density at radius 2 is 1.74 bits per heavy atom. The van der Waals surface area contributed by atoms with Gasteiger partial charge >= 0.3 is 12.0 Å². The first-order valence-corrected chi connectivity index (χ1v) is 10.4. The second-order valence-corrected chi connectivity index (χ2v) is 7.92. The van der Waals surface area contributed by atoms with Gasteiger partial charge in [-0.15, -0.1) is 0 Å². The maximum atomic E-state index is 13.0. The Labute approximate surface area is 183 Å². The summed E-state index contributed by atoms with van der Waals surface area (Å²) in [7, 11) is 1.63. The summed E-state index contributed by atoms with van der Waals surface area (Å²) in [5, 5.41) is 2.96. The molecule has 0 bridgehead atoms. The van der Waals surface area contributed by atoms with Crippen LogP contribution in [0, 0.1) is 27.7 Å². The van der Waals surface area contributed by atoms with Crippen molar-refractivity contribution in [3.8, 4) is 5.75 Å². The molecular formula is C25H30N2O4. The van der Waals surface area contributed by atoms with Crippen LogP contribution in [-0.4, -0.2) is 37.2 Å². The fourth-order valence-electron chi connectivity index (χ4n) is 3.64. The molecule has 2 amide bonds. The Bertz CT molecular complexity index is 1040. The van der Waals surface area contributed by atoms with E-state index >= 15 is 0 Å². The Morgan fingerprint density at radius 1 is 1.03 bits per heavy atom. The standard InChI is InChI=1S/C25H30N2O4/c1-7-30-24(28)22-21(14-31-19-11-10-16(3)18(5)13-19)27(6)25(29)26-23(22)20-12-15(2)8-9-17(20)4/h8-13,23H,7,14H2,1-6H3,(H,26,29)/t23-/m0/s1. The van der Waals surface area contributed by atoms with Gasteiger partial charge in [-0.3, -0.25) is 4.90 Å². The first-order chi connectivity index (χ1) is 14.7. The molecule has 0 spiro atoms. The van der Waals surface area contributed by atoms with Crippen molar-refractivity contribution in [2.75, 3.05) is 20.3 Å². The SMILES string of the molecule is CCOC(=O)C1=C(COc2ccc(C)c(C)c2)N(C)C(=O)N[C@H]1c1cc(C)ccc1C. The zero-order chi connectivity index (χ0) is 22.7. The largest absolute Gasteiger partial charge is 0.487 e. The number of hydrogen-bond donors (Lipinski definition) is 1. The van der Waals surface area contributed by atoms with Crippen LogP contribution in [-0.2, 0) is 9.53 Å². The molecule has 31 heavy (non-hydrogen) atoms. The highest BCUT2D eigenvalue weighted by Gasteiger charge is 2.37. The minimum Gasteiger partial charge on any atom is -0.487 e. The predicted octanol–water partition coefficient (Wildman–Crippen LogP) is 4.51. The smallest absolute Gasteiger partial charge is 0.338 e. The maximum Gasteiger partial charge on any atom is 0.338 e. The van der Waals surface area contributed by atoms with Crippen LogP contribution in [0.1, 0.15) is 40.8 Å². The number of esters is 1. The highest BCUT2D eigenvalue weighted by Crippen LogP contribution is 2.33. The lowest BCUT2D eigenvalue weighted by molar-refractivity contribution is -0.139. The van der Waals surface area contributed by atoms with E-state index in [1.165, 1.54) is 10.5 Å². The molecule has 0 aliphatic carbocycles. The molecular weight excluding hydrogens is 392 g/mol. The minimum atomic E-state index is -0.610. The Kier molecular flexibility index (Phi) is 6.68. The van der Waals surface area contributed by atoms with Crippen molar-refractivity contribution in [1.82, 2.24) is 10.2 Å². The van der Waals surface area contributed by atoms with Gasteiger partial charge in [-0.25, -0.2) is 9.59 Å². The maximum absolute atomic E-state index is 13.0. The summed E-state index contributed by atoms with van der Waals surface area (Å²) >= 11 is 0. The number of carbonyl (C=O) groups excluding carboxylic acids is 2. The summed E-state index contributed by atoms with van der Waals surface area (Å²) < 4.78 is 11.4. The van der Waals surface area contributed by atoms with Crippen LogP contribution in [0.15, 0.2) is 47.7 Å². The van der Waals surface area contributed by atoms with Gasteiger partial charge in [0.05, 0.1) is 23.9 Å². The fourth-order valence-corrected chi connectivity index (χ4v) is 3.64. The number of rotatable bonds is 6. The molecule has 0 radical (unpaired) electrons. The van der Waals surface area contributed by atoms with Crippen LogP contribution in [0.2, 0.25) is 0 Å². The summed E-state index contributed by atoms with van der Waals surface area (Å²) in [6.07, 6.45) is 0. The second-order valence-electron chi connectivity index (χ2n) is 7.92. The molecule has 1 atom stereocenters. The zero-order valence-electron chi connectivity index (χ0n) is 19.0. The third-order valence-electron chi connectivity index (χ3n) is 5.67. The lowest BCUT2D eigenvalue weighted by Crippen LogP contribution is -2.48. The molecule has 1 heterocycles. The van der Waals surface area contributed by atoms with Gasteiger partial charge < -0.3 is 14.8 Å². The minimum absolute atomic E-state index is 0.0714. The van der Waals surface area contributed by atoms with Gasteiger partial charge in [0.1, 0.15) is 12.4 Å². The molecule has 164 valence electrons. The quantitative estimate of drug-likeness (QED) is 0.696. The zero-order valence-corrected chi connectivity index (χ0v) is 19.0. The van der Waals surface area contributed by atoms with E-state index in [0.29, 0.717) is 17.0 Å². The van der Waals surface area contributed by atoms with E-state index in [-0.39, 0.29) is 19.2 Å². The number of hydrogen-bond acceptors (Lipinski definition) is 4. The van der Waals surface area contributed by atoms with Crippen molar-refractivity contribution in [2.24, 2.45) is 0 Å². The van der Waals surface area contributed by atoms with E-state index in [0.717, 1.165) is 22.3 Å². The number of nitrogens with zero attached hydrogens (tertiary/aromatic N) is 1. The average molecular weight is 423 g/mol. The summed E-state index contributed by atoms with van der Waals surface area (Å²) in [6.45, 7) is 10.1. The molecule has 6 nitrogen and oxygen atoms in total. The Hall–Kier alpha value is -3.28. The van der Waals surface area contributed by atoms with Crippen molar-refractivity contribution in [2.45, 2.75) is 40.7 Å². The van der Waals surface area contributed by atoms with Gasteiger partial charge in [0.25, 0.3) is 0 Å². The van der Waals surface area contributed by atoms with Crippen LogP contribution in [0.4, 0.5) is 4.79 Å². The van der Waals surface area contributed by atoms with Gasteiger partial charge in [0, 0.05) is 7.05 Å². The molecule has 1 aliphatic heterocycles. The number of benzene rings is 2. The predicted molar refractivity (Wildman–Crippen MR) is 120 cm³/mol. The average Bonchev–Trinajstić information content (AvgIpc) is 2.73. The van der Waals surface area contributed by atoms with Crippen LogP contribution in [0.5, 0.6) is 5.75 Å². The molecule has 0 saturated heterocycles. The molecule has 0 fully saturated rings. The highest BCUT2D eigenvalue weighted by molar-refractivity contribution is 5.95. The first-order valence-electron chi connectivity index (χ1n) is 10.4.